The lowest BCUT2D eigenvalue weighted by molar-refractivity contribution is 0.160. The van der Waals surface area contributed by atoms with Gasteiger partial charge < -0.3 is 9.84 Å². The number of hydrogen-bond donors (Lipinski definition) is 1. The van der Waals surface area contributed by atoms with E-state index in [-0.39, 0.29) is 6.10 Å². The van der Waals surface area contributed by atoms with Crippen molar-refractivity contribution in [3.63, 3.8) is 0 Å². The van der Waals surface area contributed by atoms with Crippen LogP contribution in [-0.4, -0.2) is 11.2 Å². The van der Waals surface area contributed by atoms with Gasteiger partial charge in [-0.05, 0) is 30.2 Å². The van der Waals surface area contributed by atoms with E-state index in [9.17, 15) is 5.11 Å². The molecule has 0 spiro atoms. The third kappa shape index (κ3) is 5.53. The second kappa shape index (κ2) is 9.26. The van der Waals surface area contributed by atoms with E-state index >= 15 is 0 Å². The maximum absolute atomic E-state index is 10.2. The Morgan fingerprint density at radius 3 is 2.41 bits per heavy atom. The number of para-hydroxylation sites is 2. The van der Waals surface area contributed by atoms with Crippen molar-refractivity contribution in [3.8, 4) is 11.5 Å². The van der Waals surface area contributed by atoms with Crippen LogP contribution in [0, 0.1) is 0 Å². The van der Waals surface area contributed by atoms with Gasteiger partial charge in [0.05, 0.1) is 6.10 Å². The van der Waals surface area contributed by atoms with E-state index in [1.807, 2.05) is 54.6 Å². The van der Waals surface area contributed by atoms with Crippen molar-refractivity contribution in [2.45, 2.75) is 51.6 Å². The summed E-state index contributed by atoms with van der Waals surface area (Å²) in [6.07, 6.45) is 5.99. The molecule has 2 heteroatoms. The molecule has 1 atom stereocenters. The maximum Gasteiger partial charge on any atom is 0.130 e. The smallest absolute Gasteiger partial charge is 0.130 e. The average molecular weight is 298 g/mol. The first-order chi connectivity index (χ1) is 10.8. The first-order valence-electron chi connectivity index (χ1n) is 8.28. The largest absolute Gasteiger partial charge is 0.457 e. The second-order valence-electron chi connectivity index (χ2n) is 5.73. The van der Waals surface area contributed by atoms with Crippen molar-refractivity contribution in [2.75, 3.05) is 0 Å². The molecule has 2 aromatic carbocycles. The van der Waals surface area contributed by atoms with Gasteiger partial charge in [-0.15, -0.1) is 0 Å². The highest BCUT2D eigenvalue weighted by atomic mass is 16.5. The molecule has 0 fully saturated rings. The molecule has 0 radical (unpaired) electrons. The molecule has 0 aliphatic carbocycles. The Balaban J connectivity index is 1.93. The predicted octanol–water partition coefficient (Wildman–Crippen LogP) is 5.35. The lowest BCUT2D eigenvalue weighted by atomic mass is 10.0. The molecule has 0 aliphatic heterocycles. The number of rotatable bonds is 9. The van der Waals surface area contributed by atoms with Gasteiger partial charge in [-0.3, -0.25) is 0 Å². The summed E-state index contributed by atoms with van der Waals surface area (Å²) in [4.78, 5) is 0. The van der Waals surface area contributed by atoms with Crippen molar-refractivity contribution in [1.82, 2.24) is 0 Å². The summed E-state index contributed by atoms with van der Waals surface area (Å²) < 4.78 is 5.94. The lowest BCUT2D eigenvalue weighted by Gasteiger charge is -2.14. The number of hydrogen-bond acceptors (Lipinski definition) is 2. The fourth-order valence-electron chi connectivity index (χ4n) is 2.55. The van der Waals surface area contributed by atoms with E-state index in [4.69, 9.17) is 4.74 Å². The Kier molecular flexibility index (Phi) is 6.98. The quantitative estimate of drug-likeness (QED) is 0.632. The van der Waals surface area contributed by atoms with Gasteiger partial charge in [0.2, 0.25) is 0 Å². The van der Waals surface area contributed by atoms with E-state index in [1.165, 1.54) is 19.3 Å². The third-order valence-corrected chi connectivity index (χ3v) is 3.79. The van der Waals surface area contributed by atoms with Crippen molar-refractivity contribution < 1.29 is 9.84 Å². The molecule has 118 valence electrons. The SMILES string of the molecule is CCCCCCC(O)Cc1ccccc1Oc1ccccc1. The third-order valence-electron chi connectivity index (χ3n) is 3.79. The van der Waals surface area contributed by atoms with Crippen LogP contribution in [0.15, 0.2) is 54.6 Å². The Morgan fingerprint density at radius 1 is 0.909 bits per heavy atom. The molecule has 0 saturated heterocycles. The number of ether oxygens (including phenoxy) is 1. The maximum atomic E-state index is 10.2. The normalized spacial score (nSPS) is 12.1. The van der Waals surface area contributed by atoms with Crippen LogP contribution in [0.2, 0.25) is 0 Å². The van der Waals surface area contributed by atoms with Gasteiger partial charge >= 0.3 is 0 Å². The molecule has 2 rings (SSSR count). The van der Waals surface area contributed by atoms with Crippen LogP contribution in [0.1, 0.15) is 44.6 Å². The van der Waals surface area contributed by atoms with Gasteiger partial charge in [-0.1, -0.05) is 69.0 Å². The Bertz CT molecular complexity index is 536. The van der Waals surface area contributed by atoms with E-state index in [1.54, 1.807) is 0 Å². The molecule has 22 heavy (non-hydrogen) atoms. The molecular formula is C20H26O2. The van der Waals surface area contributed by atoms with Crippen molar-refractivity contribution >= 4 is 0 Å². The molecule has 0 aromatic heterocycles. The van der Waals surface area contributed by atoms with Crippen LogP contribution in [0.3, 0.4) is 0 Å². The van der Waals surface area contributed by atoms with Gasteiger partial charge in [0.1, 0.15) is 11.5 Å². The molecule has 2 nitrogen and oxygen atoms in total. The van der Waals surface area contributed by atoms with E-state index in [2.05, 4.69) is 6.92 Å². The van der Waals surface area contributed by atoms with Crippen LogP contribution in [-0.2, 0) is 6.42 Å². The molecule has 0 saturated carbocycles. The molecule has 0 aliphatic rings. The van der Waals surface area contributed by atoms with Gasteiger partial charge in [0.15, 0.2) is 0 Å². The zero-order valence-electron chi connectivity index (χ0n) is 13.4. The Labute approximate surface area is 133 Å². The van der Waals surface area contributed by atoms with Crippen molar-refractivity contribution in [2.24, 2.45) is 0 Å². The summed E-state index contributed by atoms with van der Waals surface area (Å²) in [6.45, 7) is 2.20. The fraction of sp³-hybridized carbons (Fsp3) is 0.400. The summed E-state index contributed by atoms with van der Waals surface area (Å²) in [7, 11) is 0. The average Bonchev–Trinajstić information content (AvgIpc) is 2.54. The number of aliphatic hydroxyl groups is 1. The minimum Gasteiger partial charge on any atom is -0.457 e. The Morgan fingerprint density at radius 2 is 1.64 bits per heavy atom. The number of aliphatic hydroxyl groups excluding tert-OH is 1. The minimum atomic E-state index is -0.294. The summed E-state index contributed by atoms with van der Waals surface area (Å²) in [5.74, 6) is 1.66. The monoisotopic (exact) mass is 298 g/mol. The van der Waals surface area contributed by atoms with Crippen molar-refractivity contribution in [1.29, 1.82) is 0 Å². The van der Waals surface area contributed by atoms with Crippen LogP contribution >= 0.6 is 0 Å². The van der Waals surface area contributed by atoms with Crippen LogP contribution < -0.4 is 4.74 Å². The molecule has 0 heterocycles. The Hall–Kier alpha value is -1.80. The van der Waals surface area contributed by atoms with Gasteiger partial charge in [0.25, 0.3) is 0 Å². The molecular weight excluding hydrogens is 272 g/mol. The molecule has 2 aromatic rings. The van der Waals surface area contributed by atoms with E-state index < -0.39 is 0 Å². The number of benzene rings is 2. The van der Waals surface area contributed by atoms with Gasteiger partial charge in [0, 0.05) is 6.42 Å². The zero-order valence-corrected chi connectivity index (χ0v) is 13.4. The highest BCUT2D eigenvalue weighted by Crippen LogP contribution is 2.26. The van der Waals surface area contributed by atoms with E-state index in [0.717, 1.165) is 29.9 Å². The highest BCUT2D eigenvalue weighted by molar-refractivity contribution is 5.38. The van der Waals surface area contributed by atoms with Gasteiger partial charge in [-0.2, -0.15) is 0 Å². The number of unbranched alkanes of at least 4 members (excludes halogenated alkanes) is 3. The lowest BCUT2D eigenvalue weighted by Crippen LogP contribution is -2.11. The summed E-state index contributed by atoms with van der Waals surface area (Å²) >= 11 is 0. The van der Waals surface area contributed by atoms with E-state index in [0.29, 0.717) is 6.42 Å². The van der Waals surface area contributed by atoms with Crippen LogP contribution in [0.25, 0.3) is 0 Å². The standard InChI is InChI=1S/C20H26O2/c1-2-3-4-6-12-18(21)16-17-11-9-10-15-20(17)22-19-13-7-5-8-14-19/h5,7-11,13-15,18,21H,2-4,6,12,16H2,1H3. The van der Waals surface area contributed by atoms with Crippen LogP contribution in [0.4, 0.5) is 0 Å². The minimum absolute atomic E-state index is 0.294. The molecule has 0 bridgehead atoms. The molecule has 1 unspecified atom stereocenters. The summed E-state index contributed by atoms with van der Waals surface area (Å²) in [5, 5.41) is 10.2. The summed E-state index contributed by atoms with van der Waals surface area (Å²) in [6, 6.07) is 17.7. The summed E-state index contributed by atoms with van der Waals surface area (Å²) in [5.41, 5.74) is 1.06. The fourth-order valence-corrected chi connectivity index (χ4v) is 2.55. The van der Waals surface area contributed by atoms with Crippen LogP contribution in [0.5, 0.6) is 11.5 Å². The predicted molar refractivity (Wildman–Crippen MR) is 91.4 cm³/mol. The molecule has 0 amide bonds. The zero-order chi connectivity index (χ0) is 15.6. The van der Waals surface area contributed by atoms with Crippen molar-refractivity contribution in [3.05, 3.63) is 60.2 Å². The molecule has 1 N–H and O–H groups in total. The van der Waals surface area contributed by atoms with Gasteiger partial charge in [-0.25, -0.2) is 0 Å². The highest BCUT2D eigenvalue weighted by Gasteiger charge is 2.10. The first kappa shape index (κ1) is 16.6. The topological polar surface area (TPSA) is 29.5 Å². The first-order valence-corrected chi connectivity index (χ1v) is 8.28. The second-order valence-corrected chi connectivity index (χ2v) is 5.73.